The number of aliphatic hydroxyl groups is 1. The Morgan fingerprint density at radius 1 is 1.33 bits per heavy atom. The minimum Gasteiger partial charge on any atom is -0.480 e. The zero-order valence-corrected chi connectivity index (χ0v) is 10.8. The van der Waals surface area contributed by atoms with Gasteiger partial charge in [-0.25, -0.2) is 8.42 Å². The van der Waals surface area contributed by atoms with Crippen LogP contribution >= 0.6 is 0 Å². The number of hydrogen-bond donors (Lipinski definition) is 3. The molecule has 0 fully saturated rings. The summed E-state index contributed by atoms with van der Waals surface area (Å²) in [5, 5.41) is 18.7. The van der Waals surface area contributed by atoms with Gasteiger partial charge in [0, 0.05) is 6.26 Å². The number of sulfone groups is 1. The van der Waals surface area contributed by atoms with Gasteiger partial charge in [-0.2, -0.15) is 0 Å². The minimum atomic E-state index is -3.33. The fourth-order valence-corrected chi connectivity index (χ4v) is 1.99. The van der Waals surface area contributed by atoms with E-state index in [0.29, 0.717) is 0 Å². The molecule has 1 aromatic rings. The van der Waals surface area contributed by atoms with Crippen LogP contribution in [0.1, 0.15) is 18.6 Å². The van der Waals surface area contributed by atoms with E-state index in [9.17, 15) is 18.3 Å². The molecule has 2 atom stereocenters. The first kappa shape index (κ1) is 14.6. The highest BCUT2D eigenvalue weighted by Gasteiger charge is 2.37. The van der Waals surface area contributed by atoms with E-state index < -0.39 is 27.4 Å². The fraction of sp³-hybridized carbons (Fsp3) is 0.364. The summed E-state index contributed by atoms with van der Waals surface area (Å²) in [4.78, 5) is 11.0. The van der Waals surface area contributed by atoms with Crippen LogP contribution in [0.5, 0.6) is 0 Å². The van der Waals surface area contributed by atoms with Crippen LogP contribution in [0.4, 0.5) is 0 Å². The Bertz CT molecular complexity index is 547. The van der Waals surface area contributed by atoms with Crippen molar-refractivity contribution in [2.45, 2.75) is 23.5 Å². The van der Waals surface area contributed by atoms with Crippen LogP contribution in [-0.4, -0.2) is 36.4 Å². The van der Waals surface area contributed by atoms with E-state index in [1.54, 1.807) is 0 Å². The molecule has 7 heteroatoms. The van der Waals surface area contributed by atoms with E-state index in [-0.39, 0.29) is 10.5 Å². The van der Waals surface area contributed by atoms with Crippen LogP contribution < -0.4 is 5.73 Å². The molecule has 0 spiro atoms. The highest BCUT2D eigenvalue weighted by molar-refractivity contribution is 7.90. The Morgan fingerprint density at radius 2 is 1.78 bits per heavy atom. The monoisotopic (exact) mass is 273 g/mol. The Kier molecular flexibility index (Phi) is 3.80. The van der Waals surface area contributed by atoms with E-state index in [4.69, 9.17) is 10.8 Å². The molecule has 1 aromatic carbocycles. The molecule has 0 heterocycles. The second-order valence-corrected chi connectivity index (χ2v) is 6.35. The van der Waals surface area contributed by atoms with Gasteiger partial charge in [0.1, 0.15) is 11.6 Å². The third kappa shape index (κ3) is 2.87. The highest BCUT2D eigenvalue weighted by atomic mass is 32.2. The van der Waals surface area contributed by atoms with Crippen LogP contribution in [-0.2, 0) is 14.6 Å². The fourth-order valence-electron chi connectivity index (χ4n) is 1.36. The SMILES string of the molecule is C[C@@](N)(C(=O)O)[C@H](O)c1ccc(S(C)(=O)=O)cc1. The molecule has 0 aliphatic carbocycles. The first-order valence-corrected chi connectivity index (χ1v) is 6.96. The number of rotatable bonds is 4. The molecular formula is C11H15NO5S. The number of benzene rings is 1. The molecule has 4 N–H and O–H groups in total. The standard InChI is InChI=1S/C11H15NO5S/c1-11(12,10(14)15)9(13)7-3-5-8(6-4-7)18(2,16)17/h3-6,9,13H,12H2,1-2H3,(H,14,15)/t9-,11+/m1/s1. The van der Waals surface area contributed by atoms with Gasteiger partial charge in [0.05, 0.1) is 4.90 Å². The second-order valence-electron chi connectivity index (χ2n) is 4.33. The van der Waals surface area contributed by atoms with Crippen molar-refractivity contribution in [3.8, 4) is 0 Å². The van der Waals surface area contributed by atoms with Crippen LogP contribution in [0.15, 0.2) is 29.2 Å². The Labute approximate surface area is 105 Å². The minimum absolute atomic E-state index is 0.0903. The number of nitrogens with two attached hydrogens (primary N) is 1. The third-order valence-electron chi connectivity index (χ3n) is 2.65. The van der Waals surface area contributed by atoms with Crippen molar-refractivity contribution >= 4 is 15.8 Å². The van der Waals surface area contributed by atoms with Crippen molar-refractivity contribution in [1.82, 2.24) is 0 Å². The summed E-state index contributed by atoms with van der Waals surface area (Å²) in [6.45, 7) is 1.18. The van der Waals surface area contributed by atoms with E-state index in [1.165, 1.54) is 31.2 Å². The maximum Gasteiger partial charge on any atom is 0.326 e. The molecule has 0 unspecified atom stereocenters. The summed E-state index contributed by atoms with van der Waals surface area (Å²) in [5.41, 5.74) is 3.90. The molecule has 18 heavy (non-hydrogen) atoms. The van der Waals surface area contributed by atoms with Gasteiger partial charge in [0.2, 0.25) is 0 Å². The lowest BCUT2D eigenvalue weighted by Gasteiger charge is -2.26. The summed E-state index contributed by atoms with van der Waals surface area (Å²) in [6, 6.07) is 5.28. The number of carboxylic acids is 1. The first-order chi connectivity index (χ1) is 8.06. The van der Waals surface area contributed by atoms with Gasteiger partial charge in [-0.1, -0.05) is 12.1 Å². The zero-order chi connectivity index (χ0) is 14.1. The van der Waals surface area contributed by atoms with Gasteiger partial charge in [0.15, 0.2) is 9.84 Å². The summed E-state index contributed by atoms with van der Waals surface area (Å²) in [7, 11) is -3.33. The van der Waals surface area contributed by atoms with Crippen molar-refractivity contribution in [3.05, 3.63) is 29.8 Å². The van der Waals surface area contributed by atoms with Crippen LogP contribution in [0.2, 0.25) is 0 Å². The molecule has 0 radical (unpaired) electrons. The smallest absolute Gasteiger partial charge is 0.326 e. The molecule has 0 aliphatic rings. The molecular weight excluding hydrogens is 258 g/mol. The summed E-state index contributed by atoms with van der Waals surface area (Å²) < 4.78 is 22.5. The predicted molar refractivity (Wildman–Crippen MR) is 64.7 cm³/mol. The maximum atomic E-state index is 11.2. The van der Waals surface area contributed by atoms with E-state index in [1.807, 2.05) is 0 Å². The number of carboxylic acid groups (broad SMARTS) is 1. The van der Waals surface area contributed by atoms with Crippen molar-refractivity contribution in [2.24, 2.45) is 5.73 Å². The van der Waals surface area contributed by atoms with Crippen LogP contribution in [0.3, 0.4) is 0 Å². The zero-order valence-electron chi connectivity index (χ0n) is 9.99. The average molecular weight is 273 g/mol. The molecule has 1 rings (SSSR count). The largest absolute Gasteiger partial charge is 0.480 e. The second kappa shape index (κ2) is 4.68. The quantitative estimate of drug-likeness (QED) is 0.706. The Morgan fingerprint density at radius 3 is 2.11 bits per heavy atom. The number of hydrogen-bond acceptors (Lipinski definition) is 5. The number of aliphatic carboxylic acids is 1. The molecule has 0 bridgehead atoms. The Balaban J connectivity index is 3.10. The van der Waals surface area contributed by atoms with Crippen molar-refractivity contribution < 1.29 is 23.4 Å². The van der Waals surface area contributed by atoms with Crippen molar-refractivity contribution in [2.75, 3.05) is 6.26 Å². The lowest BCUT2D eigenvalue weighted by Crippen LogP contribution is -2.50. The van der Waals surface area contributed by atoms with Crippen LogP contribution in [0, 0.1) is 0 Å². The molecule has 0 saturated heterocycles. The normalized spacial score (nSPS) is 16.9. The molecule has 0 amide bonds. The molecule has 0 aliphatic heterocycles. The molecule has 0 saturated carbocycles. The van der Waals surface area contributed by atoms with E-state index in [2.05, 4.69) is 0 Å². The van der Waals surface area contributed by atoms with Crippen molar-refractivity contribution in [1.29, 1.82) is 0 Å². The lowest BCUT2D eigenvalue weighted by molar-refractivity contribution is -0.147. The molecule has 6 nitrogen and oxygen atoms in total. The third-order valence-corrected chi connectivity index (χ3v) is 3.78. The lowest BCUT2D eigenvalue weighted by atomic mass is 9.91. The van der Waals surface area contributed by atoms with Gasteiger partial charge in [-0.05, 0) is 24.6 Å². The summed E-state index contributed by atoms with van der Waals surface area (Å²) in [5.74, 6) is -1.35. The van der Waals surface area contributed by atoms with Gasteiger partial charge in [-0.3, -0.25) is 4.79 Å². The average Bonchev–Trinajstić information content (AvgIpc) is 2.26. The summed E-state index contributed by atoms with van der Waals surface area (Å²) >= 11 is 0. The van der Waals surface area contributed by atoms with E-state index in [0.717, 1.165) is 6.26 Å². The highest BCUT2D eigenvalue weighted by Crippen LogP contribution is 2.25. The van der Waals surface area contributed by atoms with Crippen LogP contribution in [0.25, 0.3) is 0 Å². The van der Waals surface area contributed by atoms with Crippen molar-refractivity contribution in [3.63, 3.8) is 0 Å². The summed E-state index contributed by atoms with van der Waals surface area (Å²) in [6.07, 6.45) is -0.369. The molecule has 100 valence electrons. The number of aliphatic hydroxyl groups excluding tert-OH is 1. The topological polar surface area (TPSA) is 118 Å². The molecule has 0 aromatic heterocycles. The number of carbonyl (C=O) groups is 1. The first-order valence-electron chi connectivity index (χ1n) is 5.07. The predicted octanol–water partition coefficient (Wildman–Crippen LogP) is -0.0745. The van der Waals surface area contributed by atoms with Gasteiger partial charge < -0.3 is 15.9 Å². The van der Waals surface area contributed by atoms with Gasteiger partial charge in [0.25, 0.3) is 0 Å². The maximum absolute atomic E-state index is 11.2. The van der Waals surface area contributed by atoms with E-state index >= 15 is 0 Å². The van der Waals surface area contributed by atoms with Gasteiger partial charge in [-0.15, -0.1) is 0 Å². The van der Waals surface area contributed by atoms with Gasteiger partial charge >= 0.3 is 5.97 Å². The Hall–Kier alpha value is -1.44.